The highest BCUT2D eigenvalue weighted by Crippen LogP contribution is 2.40. The van der Waals surface area contributed by atoms with Gasteiger partial charge < -0.3 is 5.32 Å². The molecule has 1 aliphatic heterocycles. The van der Waals surface area contributed by atoms with Crippen molar-refractivity contribution in [2.75, 3.05) is 5.32 Å². The Balaban J connectivity index is 1.90. The van der Waals surface area contributed by atoms with Crippen LogP contribution in [0.25, 0.3) is 21.8 Å². The quantitative estimate of drug-likeness (QED) is 0.461. The number of thiazole rings is 1. The highest BCUT2D eigenvalue weighted by Gasteiger charge is 2.24. The molecule has 0 spiro atoms. The average Bonchev–Trinajstić information content (AvgIpc) is 3.16. The molecule has 0 radical (unpaired) electrons. The highest BCUT2D eigenvalue weighted by molar-refractivity contribution is 7.17. The summed E-state index contributed by atoms with van der Waals surface area (Å²) in [6.07, 6.45) is 6.38. The molecule has 0 saturated heterocycles. The van der Waals surface area contributed by atoms with Gasteiger partial charge in [0.05, 0.1) is 21.3 Å². The Morgan fingerprint density at radius 1 is 1.23 bits per heavy atom. The first-order chi connectivity index (χ1) is 14.5. The third-order valence-electron chi connectivity index (χ3n) is 4.71. The number of benzene rings is 1. The molecule has 3 heterocycles. The predicted molar refractivity (Wildman–Crippen MR) is 125 cm³/mol. The van der Waals surface area contributed by atoms with Gasteiger partial charge in [-0.05, 0) is 44.5 Å². The Morgan fingerprint density at radius 3 is 2.83 bits per heavy atom. The summed E-state index contributed by atoms with van der Waals surface area (Å²) in [6.45, 7) is 3.87. The molecule has 2 aromatic heterocycles. The number of hydrogen-bond donors (Lipinski definition) is 1. The first-order valence-electron chi connectivity index (χ1n) is 9.38. The molecular weight excluding hydrogens is 439 g/mol. The molecule has 0 bridgehead atoms. The average molecular weight is 457 g/mol. The van der Waals surface area contributed by atoms with E-state index >= 15 is 0 Å². The van der Waals surface area contributed by atoms with E-state index in [1.54, 1.807) is 35.9 Å². The topological polar surface area (TPSA) is 67.2 Å². The van der Waals surface area contributed by atoms with Crippen LogP contribution in [0.1, 0.15) is 30.7 Å². The van der Waals surface area contributed by atoms with Crippen LogP contribution in [-0.2, 0) is 11.2 Å². The molecule has 8 heteroatoms. The van der Waals surface area contributed by atoms with Crippen LogP contribution in [0.3, 0.4) is 0 Å². The van der Waals surface area contributed by atoms with E-state index in [0.29, 0.717) is 28.7 Å². The van der Waals surface area contributed by atoms with Crippen LogP contribution in [0.4, 0.5) is 5.82 Å². The standard InChI is InChI=1S/C22H18Cl2N4OS/c1-3-9-25-12(2)20-19(16-5-4-13(23)11-17(16)24)28-22(30-20)15-8-10-26-21-14(15)6-7-18(29)27-21/h3-5,8-11H,6-7H2,1-2H3,(H,26,27,29)/b9-3-,25-12+. The van der Waals surface area contributed by atoms with Gasteiger partial charge in [0.1, 0.15) is 10.8 Å². The van der Waals surface area contributed by atoms with Gasteiger partial charge >= 0.3 is 0 Å². The van der Waals surface area contributed by atoms with Gasteiger partial charge in [-0.2, -0.15) is 0 Å². The molecule has 4 rings (SSSR count). The maximum absolute atomic E-state index is 11.8. The van der Waals surface area contributed by atoms with Gasteiger partial charge in [-0.1, -0.05) is 29.3 Å². The van der Waals surface area contributed by atoms with Crippen LogP contribution in [0, 0.1) is 0 Å². The van der Waals surface area contributed by atoms with Gasteiger partial charge in [0.15, 0.2) is 0 Å². The fourth-order valence-electron chi connectivity index (χ4n) is 3.28. The number of hydrogen-bond acceptors (Lipinski definition) is 5. The number of amides is 1. The fourth-order valence-corrected chi connectivity index (χ4v) is 4.86. The van der Waals surface area contributed by atoms with Crippen LogP contribution in [0.15, 0.2) is 47.7 Å². The zero-order valence-electron chi connectivity index (χ0n) is 16.4. The Bertz CT molecular complexity index is 1200. The molecule has 152 valence electrons. The van der Waals surface area contributed by atoms with Crippen LogP contribution in [0.5, 0.6) is 0 Å². The predicted octanol–water partition coefficient (Wildman–Crippen LogP) is 6.41. The SMILES string of the molecule is C/C=C\N=C(/C)c1sc(-c2ccnc3c2CCC(=O)N3)nc1-c1ccc(Cl)cc1Cl. The largest absolute Gasteiger partial charge is 0.310 e. The van der Waals surface area contributed by atoms with Crippen LogP contribution in [0.2, 0.25) is 10.0 Å². The second-order valence-corrected chi connectivity index (χ2v) is 8.59. The van der Waals surface area contributed by atoms with Crippen molar-refractivity contribution < 1.29 is 4.79 Å². The fraction of sp³-hybridized carbons (Fsp3) is 0.182. The number of nitrogens with zero attached hydrogens (tertiary/aromatic N) is 3. The summed E-state index contributed by atoms with van der Waals surface area (Å²) in [5.74, 6) is 0.584. The minimum atomic E-state index is -0.0186. The summed E-state index contributed by atoms with van der Waals surface area (Å²) in [4.78, 5) is 26.5. The van der Waals surface area contributed by atoms with Crippen molar-refractivity contribution in [3.8, 4) is 21.8 Å². The monoisotopic (exact) mass is 456 g/mol. The number of carbonyl (C=O) groups is 1. The molecule has 0 fully saturated rings. The summed E-state index contributed by atoms with van der Waals surface area (Å²) >= 11 is 14.1. The number of rotatable bonds is 4. The normalized spacial score (nSPS) is 14.1. The minimum absolute atomic E-state index is 0.0186. The van der Waals surface area contributed by atoms with E-state index in [9.17, 15) is 4.79 Å². The third-order valence-corrected chi connectivity index (χ3v) is 6.45. The number of aliphatic imine (C=N–C) groups is 1. The van der Waals surface area contributed by atoms with Crippen molar-refractivity contribution in [1.29, 1.82) is 0 Å². The van der Waals surface area contributed by atoms with Crippen LogP contribution >= 0.6 is 34.5 Å². The maximum Gasteiger partial charge on any atom is 0.225 e. The summed E-state index contributed by atoms with van der Waals surface area (Å²) < 4.78 is 0. The van der Waals surface area contributed by atoms with Crippen LogP contribution in [-0.4, -0.2) is 21.6 Å². The molecule has 1 aliphatic rings. The van der Waals surface area contributed by atoms with Gasteiger partial charge in [-0.15, -0.1) is 11.3 Å². The summed E-state index contributed by atoms with van der Waals surface area (Å²) in [7, 11) is 0. The van der Waals surface area contributed by atoms with Crippen molar-refractivity contribution in [3.05, 3.63) is 63.2 Å². The zero-order valence-corrected chi connectivity index (χ0v) is 18.7. The summed E-state index contributed by atoms with van der Waals surface area (Å²) in [6, 6.07) is 7.32. The maximum atomic E-state index is 11.8. The molecule has 0 aliphatic carbocycles. The summed E-state index contributed by atoms with van der Waals surface area (Å²) in [5.41, 5.74) is 4.35. The van der Waals surface area contributed by atoms with E-state index in [1.807, 2.05) is 32.1 Å². The Hall–Kier alpha value is -2.54. The molecule has 0 atom stereocenters. The van der Waals surface area contributed by atoms with E-state index in [2.05, 4.69) is 15.3 Å². The van der Waals surface area contributed by atoms with E-state index < -0.39 is 0 Å². The minimum Gasteiger partial charge on any atom is -0.310 e. The molecule has 30 heavy (non-hydrogen) atoms. The van der Waals surface area contributed by atoms with Crippen molar-refractivity contribution in [3.63, 3.8) is 0 Å². The lowest BCUT2D eigenvalue weighted by atomic mass is 10.0. The Morgan fingerprint density at radius 2 is 2.07 bits per heavy atom. The van der Waals surface area contributed by atoms with Crippen LogP contribution < -0.4 is 5.32 Å². The van der Waals surface area contributed by atoms with E-state index in [4.69, 9.17) is 28.2 Å². The molecule has 1 amide bonds. The van der Waals surface area contributed by atoms with Gasteiger partial charge in [0, 0.05) is 40.5 Å². The van der Waals surface area contributed by atoms with Gasteiger partial charge in [-0.3, -0.25) is 9.79 Å². The molecule has 1 N–H and O–H groups in total. The Kier molecular flexibility index (Phi) is 5.99. The number of anilines is 1. The molecule has 5 nitrogen and oxygen atoms in total. The zero-order chi connectivity index (χ0) is 21.3. The number of aromatic nitrogens is 2. The lowest BCUT2D eigenvalue weighted by Crippen LogP contribution is -2.20. The van der Waals surface area contributed by atoms with Crippen molar-refractivity contribution in [2.45, 2.75) is 26.7 Å². The second kappa shape index (κ2) is 8.68. The first-order valence-corrected chi connectivity index (χ1v) is 11.0. The Labute approximate surface area is 188 Å². The van der Waals surface area contributed by atoms with E-state index in [0.717, 1.165) is 38.0 Å². The van der Waals surface area contributed by atoms with Crippen molar-refractivity contribution in [2.24, 2.45) is 4.99 Å². The van der Waals surface area contributed by atoms with Gasteiger partial charge in [0.2, 0.25) is 5.91 Å². The highest BCUT2D eigenvalue weighted by atomic mass is 35.5. The molecule has 1 aromatic carbocycles. The van der Waals surface area contributed by atoms with Gasteiger partial charge in [-0.25, -0.2) is 9.97 Å². The third kappa shape index (κ3) is 4.03. The van der Waals surface area contributed by atoms with Crippen molar-refractivity contribution in [1.82, 2.24) is 9.97 Å². The lowest BCUT2D eigenvalue weighted by Gasteiger charge is -2.17. The second-order valence-electron chi connectivity index (χ2n) is 6.75. The van der Waals surface area contributed by atoms with E-state index in [-0.39, 0.29) is 5.91 Å². The summed E-state index contributed by atoms with van der Waals surface area (Å²) in [5, 5.41) is 4.78. The smallest absolute Gasteiger partial charge is 0.225 e. The molecule has 0 unspecified atom stereocenters. The lowest BCUT2D eigenvalue weighted by molar-refractivity contribution is -0.116. The van der Waals surface area contributed by atoms with Gasteiger partial charge in [0.25, 0.3) is 0 Å². The molecule has 3 aromatic rings. The number of allylic oxidation sites excluding steroid dienone is 1. The number of nitrogens with one attached hydrogen (secondary N) is 1. The number of carbonyl (C=O) groups excluding carboxylic acids is 1. The number of halogens is 2. The molecule has 0 saturated carbocycles. The van der Waals surface area contributed by atoms with Crippen molar-refractivity contribution >= 4 is 52.0 Å². The van der Waals surface area contributed by atoms with E-state index in [1.165, 1.54) is 0 Å². The number of pyridine rings is 1. The molecular formula is C22H18Cl2N4OS. The first kappa shape index (κ1) is 20.7. The number of fused-ring (bicyclic) bond motifs is 1.